The number of amides is 1. The van der Waals surface area contributed by atoms with Crippen LogP contribution in [0.1, 0.15) is 23.2 Å². The Hall–Kier alpha value is -2.36. The largest absolute Gasteiger partial charge is 0.481 e. The van der Waals surface area contributed by atoms with E-state index in [0.29, 0.717) is 18.4 Å². The Balaban J connectivity index is 1.75. The molecule has 0 unspecified atom stereocenters. The van der Waals surface area contributed by atoms with Crippen LogP contribution >= 0.6 is 0 Å². The summed E-state index contributed by atoms with van der Waals surface area (Å²) in [4.78, 5) is 23.0. The van der Waals surface area contributed by atoms with E-state index in [1.54, 1.807) is 6.07 Å². The molecule has 2 aromatic carbocycles. The molecule has 0 heterocycles. The fourth-order valence-electron chi connectivity index (χ4n) is 2.62. The summed E-state index contributed by atoms with van der Waals surface area (Å²) in [6.07, 6.45) is 1.04. The van der Waals surface area contributed by atoms with Crippen LogP contribution in [0.2, 0.25) is 0 Å². The zero-order valence-corrected chi connectivity index (χ0v) is 10.9. The second-order valence-electron chi connectivity index (χ2n) is 5.20. The number of fused-ring (bicyclic) bond motifs is 1. The summed E-state index contributed by atoms with van der Waals surface area (Å²) >= 11 is 0. The molecule has 1 fully saturated rings. The van der Waals surface area contributed by atoms with Gasteiger partial charge in [-0.25, -0.2) is 0 Å². The number of carboxylic acid groups (broad SMARTS) is 1. The molecule has 0 aromatic heterocycles. The van der Waals surface area contributed by atoms with Gasteiger partial charge in [-0.05, 0) is 29.7 Å². The third kappa shape index (κ3) is 2.25. The van der Waals surface area contributed by atoms with E-state index in [4.69, 9.17) is 5.11 Å². The van der Waals surface area contributed by atoms with Crippen LogP contribution in [0.15, 0.2) is 42.5 Å². The number of carbonyl (C=O) groups excluding carboxylic acids is 1. The van der Waals surface area contributed by atoms with Crippen molar-refractivity contribution in [2.75, 3.05) is 0 Å². The maximum atomic E-state index is 12.3. The standard InChI is InChI=1S/C16H15NO3/c18-15(17-12-8-11(9-12)16(19)20)14-7-3-5-10-4-1-2-6-13(10)14/h1-7,11-12H,8-9H2,(H,17,18)(H,19,20). The molecule has 4 heteroatoms. The minimum Gasteiger partial charge on any atom is -0.481 e. The highest BCUT2D eigenvalue weighted by Crippen LogP contribution is 2.28. The van der Waals surface area contributed by atoms with Gasteiger partial charge in [0.05, 0.1) is 5.92 Å². The number of hydrogen-bond acceptors (Lipinski definition) is 2. The Kier molecular flexibility index (Phi) is 3.14. The molecular weight excluding hydrogens is 254 g/mol. The third-order valence-electron chi connectivity index (χ3n) is 3.86. The van der Waals surface area contributed by atoms with Gasteiger partial charge in [0.2, 0.25) is 0 Å². The fourth-order valence-corrected chi connectivity index (χ4v) is 2.62. The lowest BCUT2D eigenvalue weighted by molar-refractivity contribution is -0.145. The number of hydrogen-bond donors (Lipinski definition) is 2. The van der Waals surface area contributed by atoms with Crippen molar-refractivity contribution in [2.24, 2.45) is 5.92 Å². The van der Waals surface area contributed by atoms with Crippen LogP contribution < -0.4 is 5.32 Å². The van der Waals surface area contributed by atoms with Crippen LogP contribution in [-0.2, 0) is 4.79 Å². The van der Waals surface area contributed by atoms with Crippen molar-refractivity contribution in [3.8, 4) is 0 Å². The predicted octanol–water partition coefficient (Wildman–Crippen LogP) is 2.43. The summed E-state index contributed by atoms with van der Waals surface area (Å²) in [7, 11) is 0. The molecule has 0 aliphatic heterocycles. The first-order valence-corrected chi connectivity index (χ1v) is 6.66. The number of carbonyl (C=O) groups is 2. The summed E-state index contributed by atoms with van der Waals surface area (Å²) in [5, 5.41) is 13.7. The van der Waals surface area contributed by atoms with Gasteiger partial charge in [0, 0.05) is 11.6 Å². The quantitative estimate of drug-likeness (QED) is 0.899. The number of rotatable bonds is 3. The van der Waals surface area contributed by atoms with E-state index in [0.717, 1.165) is 10.8 Å². The van der Waals surface area contributed by atoms with Gasteiger partial charge in [0.25, 0.3) is 5.91 Å². The normalized spacial score (nSPS) is 21.2. The molecule has 0 spiro atoms. The van der Waals surface area contributed by atoms with Crippen molar-refractivity contribution in [3.63, 3.8) is 0 Å². The van der Waals surface area contributed by atoms with Crippen LogP contribution in [0.3, 0.4) is 0 Å². The van der Waals surface area contributed by atoms with E-state index in [-0.39, 0.29) is 17.9 Å². The average Bonchev–Trinajstić information content (AvgIpc) is 2.41. The predicted molar refractivity (Wildman–Crippen MR) is 75.6 cm³/mol. The second-order valence-corrected chi connectivity index (χ2v) is 5.20. The molecule has 0 radical (unpaired) electrons. The van der Waals surface area contributed by atoms with Gasteiger partial charge in [-0.3, -0.25) is 9.59 Å². The van der Waals surface area contributed by atoms with E-state index in [1.807, 2.05) is 36.4 Å². The summed E-state index contributed by atoms with van der Waals surface area (Å²) in [5.41, 5.74) is 0.641. The third-order valence-corrected chi connectivity index (χ3v) is 3.86. The van der Waals surface area contributed by atoms with Crippen molar-refractivity contribution in [3.05, 3.63) is 48.0 Å². The Labute approximate surface area is 116 Å². The summed E-state index contributed by atoms with van der Waals surface area (Å²) in [6, 6.07) is 13.3. The highest BCUT2D eigenvalue weighted by Gasteiger charge is 2.35. The molecule has 1 aliphatic rings. The van der Waals surface area contributed by atoms with Gasteiger partial charge in [-0.15, -0.1) is 0 Å². The van der Waals surface area contributed by atoms with Crippen LogP contribution in [-0.4, -0.2) is 23.0 Å². The fraction of sp³-hybridized carbons (Fsp3) is 0.250. The first-order chi connectivity index (χ1) is 9.65. The van der Waals surface area contributed by atoms with E-state index in [1.165, 1.54) is 0 Å². The molecule has 1 aliphatic carbocycles. The monoisotopic (exact) mass is 269 g/mol. The molecule has 3 rings (SSSR count). The molecule has 20 heavy (non-hydrogen) atoms. The molecule has 1 saturated carbocycles. The van der Waals surface area contributed by atoms with Gasteiger partial charge in [-0.2, -0.15) is 0 Å². The molecule has 102 valence electrons. The molecule has 2 aromatic rings. The van der Waals surface area contributed by atoms with Crippen molar-refractivity contribution < 1.29 is 14.7 Å². The lowest BCUT2D eigenvalue weighted by Crippen LogP contribution is -2.46. The van der Waals surface area contributed by atoms with Crippen molar-refractivity contribution in [1.82, 2.24) is 5.32 Å². The summed E-state index contributed by atoms with van der Waals surface area (Å²) in [6.45, 7) is 0. The van der Waals surface area contributed by atoms with E-state index in [9.17, 15) is 9.59 Å². The smallest absolute Gasteiger partial charge is 0.306 e. The molecule has 0 saturated heterocycles. The first kappa shape index (κ1) is 12.7. The lowest BCUT2D eigenvalue weighted by Gasteiger charge is -2.32. The zero-order chi connectivity index (χ0) is 14.1. The van der Waals surface area contributed by atoms with Crippen LogP contribution in [0.25, 0.3) is 10.8 Å². The van der Waals surface area contributed by atoms with E-state index in [2.05, 4.69) is 5.32 Å². The Morgan fingerprint density at radius 3 is 2.50 bits per heavy atom. The lowest BCUT2D eigenvalue weighted by atomic mass is 9.80. The van der Waals surface area contributed by atoms with Crippen molar-refractivity contribution in [1.29, 1.82) is 0 Å². The zero-order valence-electron chi connectivity index (χ0n) is 10.9. The minimum atomic E-state index is -0.777. The maximum absolute atomic E-state index is 12.3. The van der Waals surface area contributed by atoms with Crippen LogP contribution in [0, 0.1) is 5.92 Å². The highest BCUT2D eigenvalue weighted by molar-refractivity contribution is 6.07. The second kappa shape index (κ2) is 4.96. The van der Waals surface area contributed by atoms with Gasteiger partial charge < -0.3 is 10.4 Å². The van der Waals surface area contributed by atoms with Gasteiger partial charge >= 0.3 is 5.97 Å². The van der Waals surface area contributed by atoms with Gasteiger partial charge in [-0.1, -0.05) is 36.4 Å². The average molecular weight is 269 g/mol. The van der Waals surface area contributed by atoms with E-state index >= 15 is 0 Å². The minimum absolute atomic E-state index is 0.0254. The Bertz CT molecular complexity index is 669. The summed E-state index contributed by atoms with van der Waals surface area (Å²) < 4.78 is 0. The Morgan fingerprint density at radius 1 is 1.05 bits per heavy atom. The topological polar surface area (TPSA) is 66.4 Å². The molecular formula is C16H15NO3. The number of nitrogens with one attached hydrogen (secondary N) is 1. The number of aliphatic carboxylic acids is 1. The molecule has 4 nitrogen and oxygen atoms in total. The Morgan fingerprint density at radius 2 is 1.75 bits per heavy atom. The number of benzene rings is 2. The molecule has 2 N–H and O–H groups in total. The molecule has 0 atom stereocenters. The van der Waals surface area contributed by atoms with Crippen molar-refractivity contribution >= 4 is 22.6 Å². The number of carboxylic acids is 1. The molecule has 0 bridgehead atoms. The van der Waals surface area contributed by atoms with Gasteiger partial charge in [0.15, 0.2) is 0 Å². The summed E-state index contributed by atoms with van der Waals surface area (Å²) in [5.74, 6) is -1.22. The van der Waals surface area contributed by atoms with Crippen LogP contribution in [0.4, 0.5) is 0 Å². The van der Waals surface area contributed by atoms with Gasteiger partial charge in [0.1, 0.15) is 0 Å². The first-order valence-electron chi connectivity index (χ1n) is 6.66. The van der Waals surface area contributed by atoms with Crippen molar-refractivity contribution in [2.45, 2.75) is 18.9 Å². The van der Waals surface area contributed by atoms with Crippen LogP contribution in [0.5, 0.6) is 0 Å². The van der Waals surface area contributed by atoms with E-state index < -0.39 is 5.97 Å². The maximum Gasteiger partial charge on any atom is 0.306 e. The highest BCUT2D eigenvalue weighted by atomic mass is 16.4. The SMILES string of the molecule is O=C(NC1CC(C(=O)O)C1)c1cccc2ccccc12. The molecule has 1 amide bonds.